The summed E-state index contributed by atoms with van der Waals surface area (Å²) in [5.41, 5.74) is 1.37. The number of nitrogens with zero attached hydrogens (tertiary/aromatic N) is 4. The number of hydrogen-bond acceptors (Lipinski definition) is 5. The molecule has 1 aromatic carbocycles. The highest BCUT2D eigenvalue weighted by Gasteiger charge is 2.26. The van der Waals surface area contributed by atoms with Gasteiger partial charge in [0.1, 0.15) is 5.52 Å². The summed E-state index contributed by atoms with van der Waals surface area (Å²) in [7, 11) is -3.49. The van der Waals surface area contributed by atoms with E-state index in [2.05, 4.69) is 15.6 Å². The van der Waals surface area contributed by atoms with Crippen LogP contribution in [0.15, 0.2) is 23.1 Å². The third kappa shape index (κ3) is 5.67. The van der Waals surface area contributed by atoms with Crippen molar-refractivity contribution in [3.05, 3.63) is 18.2 Å². The molecule has 1 saturated heterocycles. The SMILES string of the molecule is O=C(CCCn1nnc2cc(S(=O)(=O)N3CCCCC3)ccc21)NC1CCCCCCC1. The van der Waals surface area contributed by atoms with Gasteiger partial charge in [0, 0.05) is 32.1 Å². The van der Waals surface area contributed by atoms with Crippen molar-refractivity contribution < 1.29 is 13.2 Å². The fraction of sp³-hybridized carbons (Fsp3) is 0.696. The monoisotopic (exact) mass is 461 g/mol. The molecule has 2 aliphatic rings. The number of amides is 1. The molecule has 1 saturated carbocycles. The van der Waals surface area contributed by atoms with E-state index in [0.29, 0.717) is 44.0 Å². The third-order valence-corrected chi connectivity index (χ3v) is 8.58. The molecule has 1 N–H and O–H groups in total. The van der Waals surface area contributed by atoms with E-state index in [9.17, 15) is 13.2 Å². The van der Waals surface area contributed by atoms with Crippen LogP contribution in [0.2, 0.25) is 0 Å². The van der Waals surface area contributed by atoms with Gasteiger partial charge in [-0.1, -0.05) is 43.7 Å². The van der Waals surface area contributed by atoms with E-state index >= 15 is 0 Å². The summed E-state index contributed by atoms with van der Waals surface area (Å²) in [6.07, 6.45) is 12.5. The van der Waals surface area contributed by atoms with Gasteiger partial charge < -0.3 is 5.32 Å². The van der Waals surface area contributed by atoms with Crippen molar-refractivity contribution in [1.82, 2.24) is 24.6 Å². The van der Waals surface area contributed by atoms with E-state index in [1.54, 1.807) is 27.2 Å². The second-order valence-corrected chi connectivity index (χ2v) is 11.1. The maximum Gasteiger partial charge on any atom is 0.243 e. The predicted octanol–water partition coefficient (Wildman–Crippen LogP) is 3.62. The first-order valence-corrected chi connectivity index (χ1v) is 13.6. The molecule has 4 rings (SSSR count). The van der Waals surface area contributed by atoms with Gasteiger partial charge in [0.25, 0.3) is 0 Å². The largest absolute Gasteiger partial charge is 0.353 e. The first-order valence-electron chi connectivity index (χ1n) is 12.2. The van der Waals surface area contributed by atoms with Gasteiger partial charge in [-0.05, 0) is 50.3 Å². The van der Waals surface area contributed by atoms with Crippen LogP contribution in [0.4, 0.5) is 0 Å². The van der Waals surface area contributed by atoms with Gasteiger partial charge in [0.2, 0.25) is 15.9 Å². The van der Waals surface area contributed by atoms with Gasteiger partial charge in [-0.2, -0.15) is 4.31 Å². The molecule has 0 spiro atoms. The second kappa shape index (κ2) is 10.7. The summed E-state index contributed by atoms with van der Waals surface area (Å²) in [6, 6.07) is 5.36. The van der Waals surface area contributed by atoms with E-state index < -0.39 is 10.0 Å². The molecule has 1 aliphatic carbocycles. The number of fused-ring (bicyclic) bond motifs is 1. The lowest BCUT2D eigenvalue weighted by Crippen LogP contribution is -2.35. The summed E-state index contributed by atoms with van der Waals surface area (Å²) in [6.45, 7) is 1.73. The summed E-state index contributed by atoms with van der Waals surface area (Å²) in [5, 5.41) is 11.6. The lowest BCUT2D eigenvalue weighted by molar-refractivity contribution is -0.122. The maximum atomic E-state index is 12.9. The topological polar surface area (TPSA) is 97.2 Å². The lowest BCUT2D eigenvalue weighted by atomic mass is 9.96. The van der Waals surface area contributed by atoms with Crippen molar-refractivity contribution in [2.24, 2.45) is 0 Å². The van der Waals surface area contributed by atoms with Crippen LogP contribution in [0.25, 0.3) is 11.0 Å². The van der Waals surface area contributed by atoms with Crippen LogP contribution in [0, 0.1) is 0 Å². The Morgan fingerprint density at radius 2 is 1.69 bits per heavy atom. The normalized spacial score (nSPS) is 19.5. The van der Waals surface area contributed by atoms with E-state index in [1.165, 1.54) is 32.1 Å². The fourth-order valence-electron chi connectivity index (χ4n) is 4.82. The molecule has 2 aromatic rings. The zero-order valence-electron chi connectivity index (χ0n) is 18.8. The molecular formula is C23H35N5O3S. The zero-order chi connectivity index (χ0) is 22.4. The molecule has 8 nitrogen and oxygen atoms in total. The van der Waals surface area contributed by atoms with E-state index in [0.717, 1.165) is 37.6 Å². The second-order valence-electron chi connectivity index (χ2n) is 9.14. The summed E-state index contributed by atoms with van der Waals surface area (Å²) in [5.74, 6) is 0.106. The van der Waals surface area contributed by atoms with Crippen LogP contribution in [-0.2, 0) is 21.4 Å². The van der Waals surface area contributed by atoms with Crippen LogP contribution < -0.4 is 5.32 Å². The number of sulfonamides is 1. The Balaban J connectivity index is 1.32. The van der Waals surface area contributed by atoms with Crippen LogP contribution in [0.3, 0.4) is 0 Å². The average Bonchev–Trinajstić information content (AvgIpc) is 3.18. The smallest absolute Gasteiger partial charge is 0.243 e. The number of hydrogen-bond donors (Lipinski definition) is 1. The van der Waals surface area contributed by atoms with Crippen LogP contribution in [-0.4, -0.2) is 52.8 Å². The quantitative estimate of drug-likeness (QED) is 0.679. The number of aryl methyl sites for hydroxylation is 1. The zero-order valence-corrected chi connectivity index (χ0v) is 19.7. The number of rotatable bonds is 7. The summed E-state index contributed by atoms with van der Waals surface area (Å²) < 4.78 is 29.2. The molecular weight excluding hydrogens is 426 g/mol. The molecule has 0 bridgehead atoms. The van der Waals surface area contributed by atoms with Crippen molar-refractivity contribution in [2.75, 3.05) is 13.1 Å². The number of piperidine rings is 1. The Labute approximate surface area is 190 Å². The molecule has 2 heterocycles. The van der Waals surface area contributed by atoms with Gasteiger partial charge in [-0.3, -0.25) is 4.79 Å². The Bertz CT molecular complexity index is 1010. The van der Waals surface area contributed by atoms with E-state index in [4.69, 9.17) is 0 Å². The standard InChI is InChI=1S/C23H35N5O3S/c29-23(24-19-10-5-2-1-3-6-11-19)12-9-17-28-22-14-13-20(18-21(22)25-26-28)32(30,31)27-15-7-4-8-16-27/h13-14,18-19H,1-12,15-17H2,(H,24,29). The minimum absolute atomic E-state index is 0.106. The Hall–Kier alpha value is -2.00. The van der Waals surface area contributed by atoms with Crippen LogP contribution in [0.5, 0.6) is 0 Å². The van der Waals surface area contributed by atoms with Gasteiger partial charge in [-0.15, -0.1) is 5.10 Å². The van der Waals surface area contributed by atoms with Crippen molar-refractivity contribution in [1.29, 1.82) is 0 Å². The maximum absolute atomic E-state index is 12.9. The van der Waals surface area contributed by atoms with Crippen molar-refractivity contribution >= 4 is 27.0 Å². The van der Waals surface area contributed by atoms with Crippen LogP contribution >= 0.6 is 0 Å². The molecule has 2 fully saturated rings. The molecule has 176 valence electrons. The molecule has 1 aliphatic heterocycles. The number of carbonyl (C=O) groups is 1. The van der Waals surface area contributed by atoms with E-state index in [1.807, 2.05) is 0 Å². The molecule has 0 unspecified atom stereocenters. The number of aromatic nitrogens is 3. The average molecular weight is 462 g/mol. The lowest BCUT2D eigenvalue weighted by Gasteiger charge is -2.25. The fourth-order valence-corrected chi connectivity index (χ4v) is 6.36. The highest BCUT2D eigenvalue weighted by atomic mass is 32.2. The highest BCUT2D eigenvalue weighted by Crippen LogP contribution is 2.23. The van der Waals surface area contributed by atoms with Gasteiger partial charge in [-0.25, -0.2) is 13.1 Å². The van der Waals surface area contributed by atoms with Gasteiger partial charge in [0.05, 0.1) is 10.4 Å². The number of benzene rings is 1. The third-order valence-electron chi connectivity index (χ3n) is 6.68. The Kier molecular flexibility index (Phi) is 7.78. The number of carbonyl (C=O) groups excluding carboxylic acids is 1. The van der Waals surface area contributed by atoms with E-state index in [-0.39, 0.29) is 10.8 Å². The predicted molar refractivity (Wildman–Crippen MR) is 124 cm³/mol. The molecule has 9 heteroatoms. The summed E-state index contributed by atoms with van der Waals surface area (Å²) in [4.78, 5) is 12.7. The van der Waals surface area contributed by atoms with Gasteiger partial charge >= 0.3 is 0 Å². The molecule has 0 atom stereocenters. The Morgan fingerprint density at radius 3 is 2.44 bits per heavy atom. The van der Waals surface area contributed by atoms with Crippen molar-refractivity contribution in [3.8, 4) is 0 Å². The first kappa shape index (κ1) is 23.2. The van der Waals surface area contributed by atoms with Crippen molar-refractivity contribution in [3.63, 3.8) is 0 Å². The highest BCUT2D eigenvalue weighted by molar-refractivity contribution is 7.89. The molecule has 1 aromatic heterocycles. The van der Waals surface area contributed by atoms with Crippen molar-refractivity contribution in [2.45, 2.75) is 94.5 Å². The summed E-state index contributed by atoms with van der Waals surface area (Å²) >= 11 is 0. The van der Waals surface area contributed by atoms with Crippen LogP contribution in [0.1, 0.15) is 77.0 Å². The minimum Gasteiger partial charge on any atom is -0.353 e. The number of nitrogens with one attached hydrogen (secondary N) is 1. The first-order chi connectivity index (χ1) is 15.5. The molecule has 1 amide bonds. The molecule has 32 heavy (non-hydrogen) atoms. The molecule has 0 radical (unpaired) electrons. The minimum atomic E-state index is -3.49. The van der Waals surface area contributed by atoms with Gasteiger partial charge in [0.15, 0.2) is 0 Å². The Morgan fingerprint density at radius 1 is 1.00 bits per heavy atom.